The van der Waals surface area contributed by atoms with E-state index >= 15 is 0 Å². The fourth-order valence-electron chi connectivity index (χ4n) is 1.26. The van der Waals surface area contributed by atoms with Gasteiger partial charge < -0.3 is 15.5 Å². The number of alkyl halides is 2. The number of nitrogens with zero attached hydrogens (tertiary/aromatic N) is 1. The van der Waals surface area contributed by atoms with Gasteiger partial charge in [0.25, 0.3) is 11.6 Å². The largest absolute Gasteiger partial charge is 0.478 e. The molecule has 1 aromatic rings. The molecule has 0 radical (unpaired) electrons. The molecule has 3 N–H and O–H groups in total. The summed E-state index contributed by atoms with van der Waals surface area (Å²) in [7, 11) is 0. The average molecular weight is 276 g/mol. The van der Waals surface area contributed by atoms with Gasteiger partial charge in [0, 0.05) is 12.1 Å². The lowest BCUT2D eigenvalue weighted by Crippen LogP contribution is -2.31. The SMILES string of the molecule is O=C(O)c1ccc([N+](=O)[O-])cc1NCC(F)(F)CO. The Morgan fingerprint density at radius 1 is 1.47 bits per heavy atom. The molecule has 0 bridgehead atoms. The van der Waals surface area contributed by atoms with Crippen LogP contribution in [0.2, 0.25) is 0 Å². The summed E-state index contributed by atoms with van der Waals surface area (Å²) in [5.41, 5.74) is -1.12. The molecule has 0 saturated heterocycles. The van der Waals surface area contributed by atoms with Gasteiger partial charge in [0.2, 0.25) is 0 Å². The van der Waals surface area contributed by atoms with Gasteiger partial charge in [0.15, 0.2) is 0 Å². The molecule has 104 valence electrons. The quantitative estimate of drug-likeness (QED) is 0.533. The highest BCUT2D eigenvalue weighted by atomic mass is 19.3. The number of anilines is 1. The number of benzene rings is 1. The summed E-state index contributed by atoms with van der Waals surface area (Å²) in [5, 5.41) is 29.8. The molecule has 0 heterocycles. The standard InChI is InChI=1S/C10H10F2N2O5/c11-10(12,5-15)4-13-8-3-6(14(18)19)1-2-7(8)9(16)17/h1-3,13,15H,4-5H2,(H,16,17). The van der Waals surface area contributed by atoms with E-state index in [0.717, 1.165) is 18.2 Å². The second-order valence-electron chi connectivity index (χ2n) is 3.66. The molecule has 0 aliphatic heterocycles. The van der Waals surface area contributed by atoms with Crippen LogP contribution in [0.25, 0.3) is 0 Å². The summed E-state index contributed by atoms with van der Waals surface area (Å²) in [6.45, 7) is -2.46. The first-order valence-corrected chi connectivity index (χ1v) is 5.01. The van der Waals surface area contributed by atoms with E-state index < -0.39 is 35.7 Å². The molecule has 0 amide bonds. The van der Waals surface area contributed by atoms with Gasteiger partial charge in [0.1, 0.15) is 6.61 Å². The monoisotopic (exact) mass is 276 g/mol. The van der Waals surface area contributed by atoms with E-state index in [0.29, 0.717) is 0 Å². The van der Waals surface area contributed by atoms with E-state index in [-0.39, 0.29) is 11.3 Å². The van der Waals surface area contributed by atoms with Crippen LogP contribution >= 0.6 is 0 Å². The predicted molar refractivity (Wildman–Crippen MR) is 60.6 cm³/mol. The Bertz CT molecular complexity index is 507. The smallest absolute Gasteiger partial charge is 0.337 e. The zero-order chi connectivity index (χ0) is 14.6. The highest BCUT2D eigenvalue weighted by Gasteiger charge is 2.28. The zero-order valence-electron chi connectivity index (χ0n) is 9.47. The number of non-ortho nitro benzene ring substituents is 1. The van der Waals surface area contributed by atoms with Crippen molar-refractivity contribution in [2.45, 2.75) is 5.92 Å². The van der Waals surface area contributed by atoms with Crippen molar-refractivity contribution < 1.29 is 28.7 Å². The average Bonchev–Trinajstić information content (AvgIpc) is 2.35. The highest BCUT2D eigenvalue weighted by molar-refractivity contribution is 5.94. The Labute approximate surface area is 105 Å². The minimum Gasteiger partial charge on any atom is -0.478 e. The van der Waals surface area contributed by atoms with Gasteiger partial charge >= 0.3 is 5.97 Å². The summed E-state index contributed by atoms with van der Waals surface area (Å²) in [5.74, 6) is -4.87. The second-order valence-corrected chi connectivity index (χ2v) is 3.66. The lowest BCUT2D eigenvalue weighted by Gasteiger charge is -2.16. The molecule has 0 atom stereocenters. The lowest BCUT2D eigenvalue weighted by molar-refractivity contribution is -0.384. The molecule has 0 spiro atoms. The Hall–Kier alpha value is -2.29. The fourth-order valence-corrected chi connectivity index (χ4v) is 1.26. The van der Waals surface area contributed by atoms with Crippen molar-refractivity contribution in [1.82, 2.24) is 0 Å². The molecule has 0 unspecified atom stereocenters. The molecular weight excluding hydrogens is 266 g/mol. The molecule has 1 aromatic carbocycles. The number of aliphatic hydroxyl groups excluding tert-OH is 1. The number of hydrogen-bond acceptors (Lipinski definition) is 5. The molecule has 0 saturated carbocycles. The number of nitro benzene ring substituents is 1. The van der Waals surface area contributed by atoms with Gasteiger partial charge in [0.05, 0.1) is 22.7 Å². The third-order valence-electron chi connectivity index (χ3n) is 2.21. The molecule has 0 aromatic heterocycles. The topological polar surface area (TPSA) is 113 Å². The fraction of sp³-hybridized carbons (Fsp3) is 0.300. The zero-order valence-corrected chi connectivity index (χ0v) is 9.47. The Morgan fingerprint density at radius 2 is 2.11 bits per heavy atom. The molecule has 19 heavy (non-hydrogen) atoms. The molecule has 0 aliphatic rings. The number of nitro groups is 1. The Balaban J connectivity index is 3.04. The highest BCUT2D eigenvalue weighted by Crippen LogP contribution is 2.24. The van der Waals surface area contributed by atoms with Gasteiger partial charge in [-0.3, -0.25) is 10.1 Å². The van der Waals surface area contributed by atoms with E-state index in [2.05, 4.69) is 5.32 Å². The van der Waals surface area contributed by atoms with Crippen LogP contribution in [0.1, 0.15) is 10.4 Å². The Kier molecular flexibility index (Phi) is 4.33. The van der Waals surface area contributed by atoms with Gasteiger partial charge in [-0.1, -0.05) is 0 Å². The number of hydrogen-bond donors (Lipinski definition) is 3. The van der Waals surface area contributed by atoms with Gasteiger partial charge in [-0.05, 0) is 6.07 Å². The first-order chi connectivity index (χ1) is 8.76. The number of aromatic carboxylic acids is 1. The third-order valence-corrected chi connectivity index (χ3v) is 2.21. The van der Waals surface area contributed by atoms with Crippen LogP contribution in [0.5, 0.6) is 0 Å². The van der Waals surface area contributed by atoms with Crippen LogP contribution < -0.4 is 5.32 Å². The number of nitrogens with one attached hydrogen (secondary N) is 1. The van der Waals surface area contributed by atoms with Gasteiger partial charge in [-0.25, -0.2) is 13.6 Å². The van der Waals surface area contributed by atoms with Crippen molar-refractivity contribution in [1.29, 1.82) is 0 Å². The normalized spacial score (nSPS) is 11.1. The summed E-state index contributed by atoms with van der Waals surface area (Å²) in [4.78, 5) is 20.6. The van der Waals surface area contributed by atoms with Crippen LogP contribution in [0.15, 0.2) is 18.2 Å². The molecule has 7 nitrogen and oxygen atoms in total. The third kappa shape index (κ3) is 3.85. The van der Waals surface area contributed by atoms with Gasteiger partial charge in [-0.15, -0.1) is 0 Å². The van der Waals surface area contributed by atoms with E-state index in [4.69, 9.17) is 10.2 Å². The predicted octanol–water partition coefficient (Wildman–Crippen LogP) is 1.33. The van der Waals surface area contributed by atoms with Crippen LogP contribution in [0, 0.1) is 10.1 Å². The van der Waals surface area contributed by atoms with E-state index in [1.54, 1.807) is 0 Å². The number of carboxylic acid groups (broad SMARTS) is 1. The van der Waals surface area contributed by atoms with Crippen molar-refractivity contribution in [2.24, 2.45) is 0 Å². The van der Waals surface area contributed by atoms with Crippen molar-refractivity contribution in [3.05, 3.63) is 33.9 Å². The Morgan fingerprint density at radius 3 is 2.58 bits per heavy atom. The molecule has 1 rings (SSSR count). The van der Waals surface area contributed by atoms with Crippen LogP contribution in [-0.2, 0) is 0 Å². The van der Waals surface area contributed by atoms with Crippen LogP contribution in [0.4, 0.5) is 20.2 Å². The lowest BCUT2D eigenvalue weighted by atomic mass is 10.1. The van der Waals surface area contributed by atoms with Crippen molar-refractivity contribution in [3.8, 4) is 0 Å². The van der Waals surface area contributed by atoms with E-state index in [1.165, 1.54) is 0 Å². The first-order valence-electron chi connectivity index (χ1n) is 5.01. The maximum atomic E-state index is 12.8. The number of aliphatic hydroxyl groups is 1. The van der Waals surface area contributed by atoms with E-state index in [1.807, 2.05) is 0 Å². The maximum absolute atomic E-state index is 12.8. The molecule has 0 aliphatic carbocycles. The number of rotatable bonds is 6. The maximum Gasteiger partial charge on any atom is 0.337 e. The van der Waals surface area contributed by atoms with Gasteiger partial charge in [-0.2, -0.15) is 0 Å². The molecule has 0 fully saturated rings. The summed E-state index contributed by atoms with van der Waals surface area (Å²) in [6, 6.07) is 2.75. The first kappa shape index (κ1) is 14.8. The van der Waals surface area contributed by atoms with Crippen LogP contribution in [-0.4, -0.2) is 40.2 Å². The summed E-state index contributed by atoms with van der Waals surface area (Å²) in [6.07, 6.45) is 0. The van der Waals surface area contributed by atoms with Crippen LogP contribution in [0.3, 0.4) is 0 Å². The van der Waals surface area contributed by atoms with Crippen molar-refractivity contribution in [2.75, 3.05) is 18.5 Å². The van der Waals surface area contributed by atoms with Crippen molar-refractivity contribution in [3.63, 3.8) is 0 Å². The minimum absolute atomic E-state index is 0.310. The number of carboxylic acids is 1. The summed E-state index contributed by atoms with van der Waals surface area (Å²) >= 11 is 0. The van der Waals surface area contributed by atoms with Crippen molar-refractivity contribution >= 4 is 17.3 Å². The number of carbonyl (C=O) groups is 1. The second kappa shape index (κ2) is 5.57. The molecule has 9 heteroatoms. The van der Waals surface area contributed by atoms with E-state index in [9.17, 15) is 23.7 Å². The number of halogens is 2. The minimum atomic E-state index is -3.46. The molecular formula is C10H10F2N2O5. The summed E-state index contributed by atoms with van der Waals surface area (Å²) < 4.78 is 25.7.